The number of carbonyl (C=O) groups excluding carboxylic acids is 1. The van der Waals surface area contributed by atoms with Gasteiger partial charge in [-0.05, 0) is 24.3 Å². The van der Waals surface area contributed by atoms with Crippen LogP contribution < -0.4 is 15.7 Å². The molecule has 130 valence electrons. The van der Waals surface area contributed by atoms with Crippen LogP contribution in [0.15, 0.2) is 29.1 Å². The number of amides is 1. The topological polar surface area (TPSA) is 78.2 Å². The summed E-state index contributed by atoms with van der Waals surface area (Å²) in [6, 6.07) is 6.30. The van der Waals surface area contributed by atoms with Gasteiger partial charge in [-0.2, -0.15) is 13.2 Å². The molecule has 0 aliphatic rings. The van der Waals surface area contributed by atoms with Crippen LogP contribution >= 0.6 is 0 Å². The van der Waals surface area contributed by atoms with E-state index >= 15 is 0 Å². The van der Waals surface area contributed by atoms with Crippen LogP contribution in [-0.2, 0) is 19.8 Å². The molecular weight excluding hydrogens is 329 g/mol. The van der Waals surface area contributed by atoms with Crippen LogP contribution in [0.2, 0.25) is 0 Å². The van der Waals surface area contributed by atoms with Crippen LogP contribution in [0.25, 0.3) is 0 Å². The fraction of sp³-hybridized carbons (Fsp3) is 0.357. The van der Waals surface area contributed by atoms with Gasteiger partial charge in [0.15, 0.2) is 0 Å². The average molecular weight is 344 g/mol. The zero-order valence-electron chi connectivity index (χ0n) is 12.9. The Morgan fingerprint density at radius 1 is 1.29 bits per heavy atom. The molecule has 10 heteroatoms. The molecule has 1 amide bonds. The van der Waals surface area contributed by atoms with Gasteiger partial charge in [0, 0.05) is 19.2 Å². The summed E-state index contributed by atoms with van der Waals surface area (Å²) in [4.78, 5) is 23.6. The van der Waals surface area contributed by atoms with Crippen LogP contribution in [-0.4, -0.2) is 33.9 Å². The molecule has 0 spiro atoms. The van der Waals surface area contributed by atoms with Crippen molar-refractivity contribution in [3.8, 4) is 5.75 Å². The highest BCUT2D eigenvalue weighted by atomic mass is 19.4. The van der Waals surface area contributed by atoms with E-state index in [0.717, 1.165) is 7.05 Å². The Kier molecular flexibility index (Phi) is 4.96. The monoisotopic (exact) mass is 344 g/mol. The molecule has 0 radical (unpaired) electrons. The Hall–Kier alpha value is -2.78. The largest absolute Gasteiger partial charge is 0.497 e. The minimum atomic E-state index is -4.72. The van der Waals surface area contributed by atoms with Gasteiger partial charge in [-0.25, -0.2) is 9.48 Å². The first-order chi connectivity index (χ1) is 11.2. The van der Waals surface area contributed by atoms with Gasteiger partial charge in [0.1, 0.15) is 5.75 Å². The molecule has 0 unspecified atom stereocenters. The maximum atomic E-state index is 12.7. The van der Waals surface area contributed by atoms with Crippen LogP contribution in [0.4, 0.5) is 13.2 Å². The quantitative estimate of drug-likeness (QED) is 0.879. The highest BCUT2D eigenvalue weighted by Gasteiger charge is 2.37. The molecule has 24 heavy (non-hydrogen) atoms. The second-order valence-electron chi connectivity index (χ2n) is 4.87. The molecule has 1 aromatic heterocycles. The van der Waals surface area contributed by atoms with Gasteiger partial charge in [0.05, 0.1) is 13.7 Å². The number of halogens is 3. The predicted molar refractivity (Wildman–Crippen MR) is 77.8 cm³/mol. The second kappa shape index (κ2) is 6.77. The van der Waals surface area contributed by atoms with Crippen molar-refractivity contribution in [1.82, 2.24) is 19.7 Å². The zero-order valence-corrected chi connectivity index (χ0v) is 12.9. The summed E-state index contributed by atoms with van der Waals surface area (Å²) in [5, 5.41) is 5.76. The lowest BCUT2D eigenvalue weighted by Gasteiger charge is -2.06. The molecule has 2 rings (SSSR count). The van der Waals surface area contributed by atoms with Gasteiger partial charge in [-0.3, -0.25) is 9.36 Å². The van der Waals surface area contributed by atoms with Crippen molar-refractivity contribution in [3.63, 3.8) is 0 Å². The molecule has 1 heterocycles. The van der Waals surface area contributed by atoms with Crippen LogP contribution in [0.1, 0.15) is 16.2 Å². The van der Waals surface area contributed by atoms with Crippen LogP contribution in [0.3, 0.4) is 0 Å². The van der Waals surface area contributed by atoms with E-state index in [1.54, 1.807) is 24.3 Å². The molecule has 0 atom stereocenters. The fourth-order valence-electron chi connectivity index (χ4n) is 2.00. The minimum absolute atomic E-state index is 0.0426. The Morgan fingerprint density at radius 2 is 1.92 bits per heavy atom. The maximum absolute atomic E-state index is 12.7. The third kappa shape index (κ3) is 3.76. The number of methoxy groups -OCH3 is 1. The van der Waals surface area contributed by atoms with Gasteiger partial charge >= 0.3 is 11.9 Å². The van der Waals surface area contributed by atoms with Crippen molar-refractivity contribution in [2.45, 2.75) is 12.7 Å². The van der Waals surface area contributed by atoms with Gasteiger partial charge in [0.25, 0.3) is 5.91 Å². The molecule has 0 aliphatic heterocycles. The van der Waals surface area contributed by atoms with Crippen molar-refractivity contribution in [2.75, 3.05) is 13.7 Å². The number of nitrogens with zero attached hydrogens (tertiary/aromatic N) is 3. The van der Waals surface area contributed by atoms with Gasteiger partial charge in [0.2, 0.25) is 5.82 Å². The lowest BCUT2D eigenvalue weighted by molar-refractivity contribution is -0.147. The highest BCUT2D eigenvalue weighted by molar-refractivity contribution is 5.94. The number of benzene rings is 1. The SMILES string of the molecule is COc1ccc(C(=O)NCCn2nc(C(F)(F)F)n(C)c2=O)cc1. The maximum Gasteiger partial charge on any atom is 0.451 e. The van der Waals surface area contributed by atoms with E-state index in [4.69, 9.17) is 4.74 Å². The number of ether oxygens (including phenoxy) is 1. The summed E-state index contributed by atoms with van der Waals surface area (Å²) in [5.74, 6) is -1.11. The summed E-state index contributed by atoms with van der Waals surface area (Å²) in [6.45, 7) is -0.219. The zero-order chi connectivity index (χ0) is 17.9. The summed E-state index contributed by atoms with van der Waals surface area (Å²) >= 11 is 0. The van der Waals surface area contributed by atoms with E-state index in [2.05, 4.69) is 10.4 Å². The Morgan fingerprint density at radius 3 is 2.42 bits per heavy atom. The average Bonchev–Trinajstić information content (AvgIpc) is 2.83. The van der Waals surface area contributed by atoms with Crippen molar-refractivity contribution >= 4 is 5.91 Å². The molecule has 2 aromatic rings. The Labute approximate surface area is 134 Å². The van der Waals surface area contributed by atoms with Crippen molar-refractivity contribution in [2.24, 2.45) is 7.05 Å². The first-order valence-corrected chi connectivity index (χ1v) is 6.87. The summed E-state index contributed by atoms with van der Waals surface area (Å²) in [7, 11) is 2.49. The molecule has 1 aromatic carbocycles. The fourth-order valence-corrected chi connectivity index (χ4v) is 2.00. The number of hydrogen-bond acceptors (Lipinski definition) is 4. The van der Waals surface area contributed by atoms with E-state index in [-0.39, 0.29) is 13.1 Å². The summed E-state index contributed by atoms with van der Waals surface area (Å²) < 4.78 is 44.0. The predicted octanol–water partition coefficient (Wildman–Crippen LogP) is 1.04. The van der Waals surface area contributed by atoms with Crippen LogP contribution in [0.5, 0.6) is 5.75 Å². The second-order valence-corrected chi connectivity index (χ2v) is 4.87. The smallest absolute Gasteiger partial charge is 0.451 e. The molecule has 0 bridgehead atoms. The van der Waals surface area contributed by atoms with Crippen molar-refractivity contribution in [3.05, 3.63) is 46.1 Å². The molecule has 0 fully saturated rings. The lowest BCUT2D eigenvalue weighted by atomic mass is 10.2. The normalized spacial score (nSPS) is 11.4. The van der Waals surface area contributed by atoms with Gasteiger partial charge in [-0.15, -0.1) is 5.10 Å². The minimum Gasteiger partial charge on any atom is -0.497 e. The number of carbonyl (C=O) groups is 1. The molecule has 0 saturated heterocycles. The molecule has 0 saturated carbocycles. The van der Waals surface area contributed by atoms with E-state index in [1.807, 2.05) is 0 Å². The standard InChI is InChI=1S/C14H15F3N4O3/c1-20-12(14(15,16)17)19-21(13(20)23)8-7-18-11(22)9-3-5-10(24-2)6-4-9/h3-6H,7-8H2,1-2H3,(H,18,22). The lowest BCUT2D eigenvalue weighted by Crippen LogP contribution is -2.31. The van der Waals surface area contributed by atoms with E-state index in [0.29, 0.717) is 20.6 Å². The molecule has 1 N–H and O–H groups in total. The van der Waals surface area contributed by atoms with Crippen LogP contribution in [0, 0.1) is 0 Å². The highest BCUT2D eigenvalue weighted by Crippen LogP contribution is 2.25. The van der Waals surface area contributed by atoms with Crippen molar-refractivity contribution in [1.29, 1.82) is 0 Å². The number of alkyl halides is 3. The van der Waals surface area contributed by atoms with Gasteiger partial charge in [-0.1, -0.05) is 0 Å². The third-order valence-electron chi connectivity index (χ3n) is 3.26. The summed E-state index contributed by atoms with van der Waals surface area (Å²) in [5.41, 5.74) is -0.541. The molecule has 0 aliphatic carbocycles. The molecule has 7 nitrogen and oxygen atoms in total. The van der Waals surface area contributed by atoms with E-state index in [9.17, 15) is 22.8 Å². The Balaban J connectivity index is 1.99. The number of nitrogens with one attached hydrogen (secondary N) is 1. The number of hydrogen-bond donors (Lipinski definition) is 1. The molecular formula is C14H15F3N4O3. The van der Waals surface area contributed by atoms with Gasteiger partial charge < -0.3 is 10.1 Å². The number of rotatable bonds is 5. The van der Waals surface area contributed by atoms with Crippen molar-refractivity contribution < 1.29 is 22.7 Å². The summed E-state index contributed by atoms with van der Waals surface area (Å²) in [6.07, 6.45) is -4.72. The number of aromatic nitrogens is 3. The Bertz CT molecular complexity index is 778. The van der Waals surface area contributed by atoms with E-state index in [1.165, 1.54) is 7.11 Å². The first-order valence-electron chi connectivity index (χ1n) is 6.87. The first kappa shape index (κ1) is 17.6. The van der Waals surface area contributed by atoms with E-state index < -0.39 is 23.6 Å². The third-order valence-corrected chi connectivity index (χ3v) is 3.26.